The molecule has 73 heavy (non-hydrogen) atoms. The molecule has 0 aliphatic carbocycles. The summed E-state index contributed by atoms with van der Waals surface area (Å²) in [7, 11) is 0. The smallest absolute Gasteiger partial charge is 0.197 e. The lowest BCUT2D eigenvalue weighted by Gasteiger charge is -2.51. The summed E-state index contributed by atoms with van der Waals surface area (Å²) in [6.07, 6.45) is 10.2. The van der Waals surface area contributed by atoms with E-state index in [4.69, 9.17) is 0 Å². The lowest BCUT2D eigenvalue weighted by Crippen LogP contribution is -2.73. The Morgan fingerprint density at radius 1 is 0.411 bits per heavy atom. The molecule has 0 N–H and O–H groups in total. The van der Waals surface area contributed by atoms with Gasteiger partial charge in [0.15, 0.2) is 24.5 Å². The summed E-state index contributed by atoms with van der Waals surface area (Å²) in [5, 5.41) is 0. The summed E-state index contributed by atoms with van der Waals surface area (Å²) in [6, 6.07) is 84.6. The van der Waals surface area contributed by atoms with Crippen molar-refractivity contribution < 1.29 is 9.13 Å². The highest BCUT2D eigenvalue weighted by Gasteiger charge is 2.65. The van der Waals surface area contributed by atoms with Crippen LogP contribution in [0.1, 0.15) is 76.0 Å². The van der Waals surface area contributed by atoms with Gasteiger partial charge in [0.1, 0.15) is 5.92 Å². The summed E-state index contributed by atoms with van der Waals surface area (Å²) < 4.78 is 5.20. The van der Waals surface area contributed by atoms with E-state index in [1.165, 1.54) is 119 Å². The number of aryl methyl sites for hydroxylation is 1. The van der Waals surface area contributed by atoms with E-state index in [2.05, 4.69) is 274 Å². The molecule has 10 aromatic rings. The molecular formula is C71H64N2+2. The van der Waals surface area contributed by atoms with Gasteiger partial charge in [-0.1, -0.05) is 161 Å². The van der Waals surface area contributed by atoms with E-state index in [1.807, 2.05) is 0 Å². The van der Waals surface area contributed by atoms with E-state index in [0.717, 1.165) is 25.8 Å². The van der Waals surface area contributed by atoms with Crippen LogP contribution in [0.15, 0.2) is 237 Å². The van der Waals surface area contributed by atoms with Crippen LogP contribution in [-0.4, -0.2) is 0 Å². The summed E-state index contributed by atoms with van der Waals surface area (Å²) in [6.45, 7) is 10.6. The average molecular weight is 945 g/mol. The second-order valence-electron chi connectivity index (χ2n) is 20.8. The Kier molecular flexibility index (Phi) is 12.2. The first-order valence-corrected chi connectivity index (χ1v) is 26.7. The Hall–Kier alpha value is -7.94. The molecule has 0 saturated heterocycles. The Morgan fingerprint density at radius 3 is 1.56 bits per heavy atom. The molecule has 0 amide bonds. The zero-order valence-corrected chi connectivity index (χ0v) is 42.7. The van der Waals surface area contributed by atoms with Crippen molar-refractivity contribution in [3.8, 4) is 89.3 Å². The van der Waals surface area contributed by atoms with Gasteiger partial charge >= 0.3 is 0 Å². The van der Waals surface area contributed by atoms with Crippen LogP contribution in [0.25, 0.3) is 89.3 Å². The SMILES string of the molecule is CCCCc1cccc(-c2cc(-c3ccccc3)cc(-c3cc(-c4ccccc4)cc(-c4cccc(-c5ccc6c(c5)-c5cccc[n+]5C(CC)(C5C[n+]7ccccc7-c7ccccc75)C6(C)CC)c4)c3)c2)c1. The Morgan fingerprint density at radius 2 is 0.918 bits per heavy atom. The minimum atomic E-state index is -0.231. The number of unbranched alkanes of at least 4 members (excludes halogenated alkanes) is 1. The van der Waals surface area contributed by atoms with Gasteiger partial charge in [-0.25, -0.2) is 0 Å². The molecule has 0 spiro atoms. The third-order valence-electron chi connectivity index (χ3n) is 16.9. The van der Waals surface area contributed by atoms with Crippen LogP contribution in [-0.2, 0) is 23.9 Å². The molecule has 0 saturated carbocycles. The van der Waals surface area contributed by atoms with Crippen LogP contribution >= 0.6 is 0 Å². The largest absolute Gasteiger partial charge is 0.213 e. The van der Waals surface area contributed by atoms with Gasteiger partial charge in [0.05, 0.1) is 16.5 Å². The summed E-state index contributed by atoms with van der Waals surface area (Å²) in [4.78, 5) is 0. The number of rotatable bonds is 12. The Bertz CT molecular complexity index is 3650. The van der Waals surface area contributed by atoms with Gasteiger partial charge in [0.2, 0.25) is 11.4 Å². The fourth-order valence-electron chi connectivity index (χ4n) is 13.1. The number of hydrogen-bond donors (Lipinski definition) is 0. The summed E-state index contributed by atoms with van der Waals surface area (Å²) >= 11 is 0. The third kappa shape index (κ3) is 8.05. The molecule has 2 nitrogen and oxygen atoms in total. The lowest BCUT2D eigenvalue weighted by atomic mass is 9.53. The van der Waals surface area contributed by atoms with Crippen LogP contribution in [0.5, 0.6) is 0 Å². The summed E-state index contributed by atoms with van der Waals surface area (Å²) in [5.74, 6) is 0.250. The van der Waals surface area contributed by atoms with E-state index >= 15 is 0 Å². The van der Waals surface area contributed by atoms with Crippen LogP contribution in [0.4, 0.5) is 0 Å². The van der Waals surface area contributed by atoms with Crippen molar-refractivity contribution in [1.29, 1.82) is 0 Å². The fourth-order valence-corrected chi connectivity index (χ4v) is 13.1. The zero-order valence-electron chi connectivity index (χ0n) is 42.7. The van der Waals surface area contributed by atoms with Gasteiger partial charge in [0, 0.05) is 30.7 Å². The average Bonchev–Trinajstić information content (AvgIpc) is 3.47. The van der Waals surface area contributed by atoms with Gasteiger partial charge < -0.3 is 0 Å². The maximum absolute atomic E-state index is 2.70. The van der Waals surface area contributed by atoms with Crippen LogP contribution in [0.2, 0.25) is 0 Å². The van der Waals surface area contributed by atoms with Crippen molar-refractivity contribution in [2.75, 3.05) is 0 Å². The molecule has 3 atom stereocenters. The first-order valence-electron chi connectivity index (χ1n) is 26.7. The predicted molar refractivity (Wildman–Crippen MR) is 304 cm³/mol. The zero-order chi connectivity index (χ0) is 49.5. The molecule has 0 fully saturated rings. The standard InChI is InChI=1S/C71H64N2/c1-5-8-23-50-24-21-29-53(40-50)59-42-57(51-25-11-9-12-26-51)44-61(46-59)62-45-58(52-27-13-10-14-28-52)43-60(47-62)55-31-22-30-54(41-55)56-36-37-66-65(48-56)69-35-18-20-39-73(69)71(7-3,70(66,4)6-2)67-49-72-38-19-17-34-68(72)64-33-16-15-32-63(64)67/h9-22,24-48,67H,5-8,23,49H2,1-4H3/q+2. The number of aromatic nitrogens is 2. The van der Waals surface area contributed by atoms with Crippen molar-refractivity contribution in [2.45, 2.75) is 83.2 Å². The fraction of sp³-hybridized carbons (Fsp3) is 0.183. The first kappa shape index (κ1) is 46.2. The molecule has 2 aliphatic heterocycles. The van der Waals surface area contributed by atoms with E-state index < -0.39 is 0 Å². The molecule has 2 aromatic heterocycles. The van der Waals surface area contributed by atoms with E-state index in [1.54, 1.807) is 0 Å². The highest BCUT2D eigenvalue weighted by Crippen LogP contribution is 2.57. The quantitative estimate of drug-likeness (QED) is 0.108. The van der Waals surface area contributed by atoms with Crippen LogP contribution in [0, 0.1) is 0 Å². The third-order valence-corrected chi connectivity index (χ3v) is 16.9. The Labute approximate surface area is 433 Å². The number of fused-ring (bicyclic) bond motifs is 6. The first-order chi connectivity index (χ1) is 35.9. The highest BCUT2D eigenvalue weighted by atomic mass is 15.1. The maximum Gasteiger partial charge on any atom is 0.213 e. The normalized spacial score (nSPS) is 17.5. The highest BCUT2D eigenvalue weighted by molar-refractivity contribution is 5.87. The van der Waals surface area contributed by atoms with Crippen molar-refractivity contribution in [3.63, 3.8) is 0 Å². The van der Waals surface area contributed by atoms with Crippen LogP contribution in [0.3, 0.4) is 0 Å². The molecule has 2 aliphatic rings. The van der Waals surface area contributed by atoms with Gasteiger partial charge in [-0.15, -0.1) is 0 Å². The van der Waals surface area contributed by atoms with Gasteiger partial charge in [-0.05, 0) is 176 Å². The topological polar surface area (TPSA) is 7.76 Å². The van der Waals surface area contributed by atoms with Crippen molar-refractivity contribution in [2.24, 2.45) is 0 Å². The molecule has 4 heterocycles. The van der Waals surface area contributed by atoms with Crippen molar-refractivity contribution in [3.05, 3.63) is 254 Å². The molecular weight excluding hydrogens is 881 g/mol. The number of hydrogen-bond acceptors (Lipinski definition) is 0. The molecule has 0 bridgehead atoms. The molecule has 356 valence electrons. The van der Waals surface area contributed by atoms with Gasteiger partial charge in [-0.3, -0.25) is 0 Å². The Balaban J connectivity index is 0.975. The molecule has 2 heteroatoms. The minimum Gasteiger partial charge on any atom is -0.197 e. The van der Waals surface area contributed by atoms with Crippen molar-refractivity contribution in [1.82, 2.24) is 0 Å². The van der Waals surface area contributed by atoms with Gasteiger partial charge in [-0.2, -0.15) is 9.13 Å². The lowest BCUT2D eigenvalue weighted by molar-refractivity contribution is -0.787. The minimum absolute atomic E-state index is 0.176. The molecule has 0 radical (unpaired) electrons. The van der Waals surface area contributed by atoms with Gasteiger partial charge in [0.25, 0.3) is 0 Å². The van der Waals surface area contributed by atoms with E-state index in [0.29, 0.717) is 0 Å². The van der Waals surface area contributed by atoms with Crippen molar-refractivity contribution >= 4 is 0 Å². The number of nitrogens with zero attached hydrogens (tertiary/aromatic N) is 2. The molecule has 3 unspecified atom stereocenters. The van der Waals surface area contributed by atoms with E-state index in [-0.39, 0.29) is 16.9 Å². The summed E-state index contributed by atoms with van der Waals surface area (Å²) in [5.41, 5.74) is 23.7. The molecule has 8 aromatic carbocycles. The second kappa shape index (κ2) is 19.2. The van der Waals surface area contributed by atoms with E-state index in [9.17, 15) is 0 Å². The second-order valence-corrected chi connectivity index (χ2v) is 20.8. The number of benzene rings is 8. The maximum atomic E-state index is 2.70. The molecule has 12 rings (SSSR count). The number of pyridine rings is 2. The van der Waals surface area contributed by atoms with Crippen LogP contribution < -0.4 is 9.13 Å². The predicted octanol–water partition coefficient (Wildman–Crippen LogP) is 17.5. The monoisotopic (exact) mass is 945 g/mol.